The van der Waals surface area contributed by atoms with Crippen molar-refractivity contribution >= 4 is 40.9 Å². The van der Waals surface area contributed by atoms with E-state index >= 15 is 0 Å². The molecule has 0 aromatic heterocycles. The molecule has 2 aromatic carbocycles. The molecule has 0 fully saturated rings. The molecule has 2 aromatic rings. The second-order valence-corrected chi connectivity index (χ2v) is 6.64. The molecule has 27 heavy (non-hydrogen) atoms. The van der Waals surface area contributed by atoms with E-state index in [1.807, 2.05) is 19.9 Å². The summed E-state index contributed by atoms with van der Waals surface area (Å²) in [6, 6.07) is 11.8. The molecule has 1 N–H and O–H groups in total. The SMILES string of the molecule is COc1cccc(/C=C(\C#N)C(=O)Nc2ccc(Cl)cc2Cl)c1OC(C)C. The van der Waals surface area contributed by atoms with Crippen LogP contribution in [0.3, 0.4) is 0 Å². The summed E-state index contributed by atoms with van der Waals surface area (Å²) in [5.41, 5.74) is 0.802. The van der Waals surface area contributed by atoms with E-state index < -0.39 is 5.91 Å². The quantitative estimate of drug-likeness (QED) is 0.521. The minimum atomic E-state index is -0.597. The van der Waals surface area contributed by atoms with Crippen LogP contribution in [0.1, 0.15) is 19.4 Å². The Kier molecular flexibility index (Phi) is 7.12. The van der Waals surface area contributed by atoms with E-state index in [1.54, 1.807) is 30.3 Å². The van der Waals surface area contributed by atoms with Crippen molar-refractivity contribution < 1.29 is 14.3 Å². The predicted molar refractivity (Wildman–Crippen MR) is 107 cm³/mol. The lowest BCUT2D eigenvalue weighted by Crippen LogP contribution is -2.14. The van der Waals surface area contributed by atoms with Gasteiger partial charge in [-0.1, -0.05) is 35.3 Å². The minimum Gasteiger partial charge on any atom is -0.493 e. The molecule has 2 rings (SSSR count). The standard InChI is InChI=1S/C20H18Cl2N2O3/c1-12(2)27-19-13(5-4-6-18(19)26-3)9-14(11-23)20(25)24-17-8-7-15(21)10-16(17)22/h4-10,12H,1-3H3,(H,24,25)/b14-9+. The van der Waals surface area contributed by atoms with Crippen LogP contribution >= 0.6 is 23.2 Å². The summed E-state index contributed by atoms with van der Waals surface area (Å²) in [7, 11) is 1.52. The molecule has 0 aliphatic rings. The third-order valence-corrected chi connectivity index (χ3v) is 3.97. The normalized spacial score (nSPS) is 11.1. The number of ether oxygens (including phenoxy) is 2. The number of anilines is 1. The molecule has 0 heterocycles. The third-order valence-electron chi connectivity index (χ3n) is 3.43. The second kappa shape index (κ2) is 9.31. The number of nitrogens with zero attached hydrogens (tertiary/aromatic N) is 1. The topological polar surface area (TPSA) is 71.3 Å². The van der Waals surface area contributed by atoms with Crippen LogP contribution in [-0.2, 0) is 4.79 Å². The van der Waals surface area contributed by atoms with Crippen LogP contribution in [0.15, 0.2) is 42.0 Å². The third kappa shape index (κ3) is 5.40. The van der Waals surface area contributed by atoms with Gasteiger partial charge in [0, 0.05) is 10.6 Å². The van der Waals surface area contributed by atoms with E-state index in [0.717, 1.165) is 0 Å². The number of para-hydroxylation sites is 1. The molecule has 0 saturated heterocycles. The van der Waals surface area contributed by atoms with Crippen molar-refractivity contribution in [1.29, 1.82) is 5.26 Å². The van der Waals surface area contributed by atoms with Crippen molar-refractivity contribution in [2.24, 2.45) is 0 Å². The molecular formula is C20H18Cl2N2O3. The van der Waals surface area contributed by atoms with Crippen LogP contribution in [0.2, 0.25) is 10.0 Å². The maximum atomic E-state index is 12.5. The Hall–Kier alpha value is -2.68. The van der Waals surface area contributed by atoms with Crippen LogP contribution in [0.25, 0.3) is 6.08 Å². The van der Waals surface area contributed by atoms with E-state index in [4.69, 9.17) is 32.7 Å². The number of benzene rings is 2. The van der Waals surface area contributed by atoms with Gasteiger partial charge < -0.3 is 14.8 Å². The van der Waals surface area contributed by atoms with Crippen LogP contribution in [0.4, 0.5) is 5.69 Å². The number of hydrogen-bond donors (Lipinski definition) is 1. The van der Waals surface area contributed by atoms with Crippen LogP contribution in [-0.4, -0.2) is 19.1 Å². The summed E-state index contributed by atoms with van der Waals surface area (Å²) in [6.07, 6.45) is 1.33. The molecule has 0 saturated carbocycles. The van der Waals surface area contributed by atoms with Gasteiger partial charge in [-0.15, -0.1) is 0 Å². The highest BCUT2D eigenvalue weighted by atomic mass is 35.5. The van der Waals surface area contributed by atoms with E-state index in [0.29, 0.717) is 27.8 Å². The summed E-state index contributed by atoms with van der Waals surface area (Å²) < 4.78 is 11.1. The Bertz CT molecular complexity index is 918. The van der Waals surface area contributed by atoms with Crippen LogP contribution in [0.5, 0.6) is 11.5 Å². The van der Waals surface area contributed by atoms with Crippen molar-refractivity contribution in [2.45, 2.75) is 20.0 Å². The number of nitrogens with one attached hydrogen (secondary N) is 1. The molecule has 0 spiro atoms. The highest BCUT2D eigenvalue weighted by Gasteiger charge is 2.16. The predicted octanol–water partition coefficient (Wildman–Crippen LogP) is 5.33. The Morgan fingerprint density at radius 1 is 1.26 bits per heavy atom. The molecule has 1 amide bonds. The fraction of sp³-hybridized carbons (Fsp3) is 0.200. The summed E-state index contributed by atoms with van der Waals surface area (Å²) >= 11 is 11.9. The first-order chi connectivity index (χ1) is 12.8. The van der Waals surface area contributed by atoms with Gasteiger partial charge in [0.05, 0.1) is 23.9 Å². The van der Waals surface area contributed by atoms with Crippen LogP contribution in [0, 0.1) is 11.3 Å². The van der Waals surface area contributed by atoms with Crippen molar-refractivity contribution in [3.8, 4) is 17.6 Å². The summed E-state index contributed by atoms with van der Waals surface area (Å²) in [4.78, 5) is 12.5. The lowest BCUT2D eigenvalue weighted by atomic mass is 10.1. The zero-order chi connectivity index (χ0) is 20.0. The van der Waals surface area contributed by atoms with Gasteiger partial charge in [-0.3, -0.25) is 4.79 Å². The van der Waals surface area contributed by atoms with E-state index in [-0.39, 0.29) is 16.7 Å². The van der Waals surface area contributed by atoms with E-state index in [9.17, 15) is 10.1 Å². The Morgan fingerprint density at radius 3 is 2.59 bits per heavy atom. The average molecular weight is 405 g/mol. The first-order valence-electron chi connectivity index (χ1n) is 8.07. The van der Waals surface area contributed by atoms with Gasteiger partial charge in [-0.25, -0.2) is 0 Å². The second-order valence-electron chi connectivity index (χ2n) is 5.79. The molecule has 0 radical (unpaired) electrons. The Morgan fingerprint density at radius 2 is 2.00 bits per heavy atom. The largest absolute Gasteiger partial charge is 0.493 e. The number of carbonyl (C=O) groups is 1. The number of halogens is 2. The average Bonchev–Trinajstić information content (AvgIpc) is 2.62. The van der Waals surface area contributed by atoms with Crippen molar-refractivity contribution in [1.82, 2.24) is 0 Å². The fourth-order valence-electron chi connectivity index (χ4n) is 2.25. The molecule has 0 aliphatic heterocycles. The molecule has 0 atom stereocenters. The number of amides is 1. The lowest BCUT2D eigenvalue weighted by Gasteiger charge is -2.16. The summed E-state index contributed by atoms with van der Waals surface area (Å²) in [5, 5.41) is 12.8. The van der Waals surface area contributed by atoms with Gasteiger partial charge in [-0.2, -0.15) is 5.26 Å². The smallest absolute Gasteiger partial charge is 0.266 e. The molecule has 140 valence electrons. The summed E-state index contributed by atoms with van der Waals surface area (Å²) in [5.74, 6) is 0.371. The van der Waals surface area contributed by atoms with Gasteiger partial charge in [0.15, 0.2) is 11.5 Å². The minimum absolute atomic E-state index is 0.108. The van der Waals surface area contributed by atoms with Gasteiger partial charge in [0.25, 0.3) is 5.91 Å². The monoisotopic (exact) mass is 404 g/mol. The van der Waals surface area contributed by atoms with Crippen molar-refractivity contribution in [3.63, 3.8) is 0 Å². The van der Waals surface area contributed by atoms with Crippen LogP contribution < -0.4 is 14.8 Å². The highest BCUT2D eigenvalue weighted by molar-refractivity contribution is 6.36. The Balaban J connectivity index is 2.38. The molecule has 0 bridgehead atoms. The Labute approximate surface area is 168 Å². The van der Waals surface area contributed by atoms with Gasteiger partial charge in [0.2, 0.25) is 0 Å². The van der Waals surface area contributed by atoms with Crippen molar-refractivity contribution in [2.75, 3.05) is 12.4 Å². The highest BCUT2D eigenvalue weighted by Crippen LogP contribution is 2.33. The number of nitriles is 1. The number of hydrogen-bond acceptors (Lipinski definition) is 4. The number of methoxy groups -OCH3 is 1. The summed E-state index contributed by atoms with van der Waals surface area (Å²) in [6.45, 7) is 3.75. The zero-order valence-electron chi connectivity index (χ0n) is 15.0. The molecule has 5 nitrogen and oxygen atoms in total. The number of rotatable bonds is 6. The lowest BCUT2D eigenvalue weighted by molar-refractivity contribution is -0.112. The zero-order valence-corrected chi connectivity index (χ0v) is 16.6. The molecular weight excluding hydrogens is 387 g/mol. The van der Waals surface area contributed by atoms with E-state index in [1.165, 1.54) is 19.3 Å². The van der Waals surface area contributed by atoms with E-state index in [2.05, 4.69) is 5.32 Å². The fourth-order valence-corrected chi connectivity index (χ4v) is 2.71. The van der Waals surface area contributed by atoms with Gasteiger partial charge in [-0.05, 0) is 44.2 Å². The molecule has 0 unspecified atom stereocenters. The first-order valence-corrected chi connectivity index (χ1v) is 8.83. The molecule has 7 heteroatoms. The van der Waals surface area contributed by atoms with Gasteiger partial charge in [0.1, 0.15) is 11.6 Å². The van der Waals surface area contributed by atoms with Gasteiger partial charge >= 0.3 is 0 Å². The van der Waals surface area contributed by atoms with Crippen molar-refractivity contribution in [3.05, 3.63) is 57.6 Å². The maximum absolute atomic E-state index is 12.5. The maximum Gasteiger partial charge on any atom is 0.266 e. The number of carbonyl (C=O) groups excluding carboxylic acids is 1. The molecule has 0 aliphatic carbocycles. The first kappa shape index (κ1) is 20.6.